The van der Waals surface area contributed by atoms with Gasteiger partial charge in [-0.15, -0.1) is 10.2 Å². The van der Waals surface area contributed by atoms with Gasteiger partial charge in [0.1, 0.15) is 6.54 Å². The van der Waals surface area contributed by atoms with Crippen molar-refractivity contribution in [2.45, 2.75) is 17.5 Å². The van der Waals surface area contributed by atoms with Crippen LogP contribution in [0.15, 0.2) is 11.4 Å². The van der Waals surface area contributed by atoms with Gasteiger partial charge in [-0.1, -0.05) is 17.0 Å². The van der Waals surface area contributed by atoms with E-state index < -0.39 is 5.97 Å². The van der Waals surface area contributed by atoms with E-state index in [4.69, 9.17) is 5.11 Å². The first-order chi connectivity index (χ1) is 8.15. The average Bonchev–Trinajstić information content (AvgIpc) is 2.84. The van der Waals surface area contributed by atoms with E-state index in [1.807, 2.05) is 0 Å². The third-order valence-electron chi connectivity index (χ3n) is 1.78. The molecule has 0 aliphatic heterocycles. The smallest absolute Gasteiger partial charge is 0.325 e. The number of aryl methyl sites for hydroxylation is 1. The van der Waals surface area contributed by atoms with Crippen molar-refractivity contribution in [3.05, 3.63) is 11.9 Å². The lowest BCUT2D eigenvalue weighted by molar-refractivity contribution is -0.138. The molecule has 2 heterocycles. The summed E-state index contributed by atoms with van der Waals surface area (Å²) in [7, 11) is 1.77. The van der Waals surface area contributed by atoms with Gasteiger partial charge in [0.05, 0.1) is 5.69 Å². The van der Waals surface area contributed by atoms with E-state index in [1.165, 1.54) is 16.4 Å². The van der Waals surface area contributed by atoms with Crippen LogP contribution in [0.3, 0.4) is 0 Å². The number of tetrazole rings is 1. The minimum absolute atomic E-state index is 0.254. The van der Waals surface area contributed by atoms with Gasteiger partial charge >= 0.3 is 5.97 Å². The van der Waals surface area contributed by atoms with Crippen LogP contribution >= 0.6 is 11.8 Å². The van der Waals surface area contributed by atoms with Gasteiger partial charge in [0, 0.05) is 19.0 Å². The molecule has 0 saturated heterocycles. The van der Waals surface area contributed by atoms with Gasteiger partial charge in [0.25, 0.3) is 0 Å². The van der Waals surface area contributed by atoms with Gasteiger partial charge < -0.3 is 5.11 Å². The fourth-order valence-corrected chi connectivity index (χ4v) is 1.88. The summed E-state index contributed by atoms with van der Waals surface area (Å²) >= 11 is 1.31. The monoisotopic (exact) mass is 255 g/mol. The highest BCUT2D eigenvalue weighted by molar-refractivity contribution is 7.98. The molecule has 0 aromatic carbocycles. The molecule has 0 saturated carbocycles. The number of aliphatic carboxylic acids is 1. The highest BCUT2D eigenvalue weighted by Crippen LogP contribution is 2.18. The van der Waals surface area contributed by atoms with E-state index >= 15 is 0 Å². The molecule has 0 bridgehead atoms. The lowest BCUT2D eigenvalue weighted by atomic mass is 10.6. The molecule has 0 amide bonds. The second kappa shape index (κ2) is 4.91. The van der Waals surface area contributed by atoms with E-state index in [2.05, 4.69) is 25.8 Å². The largest absolute Gasteiger partial charge is 0.480 e. The fraction of sp³-hybridized carbons (Fsp3) is 0.429. The standard InChI is InChI=1S/C7H9N7O2S/c1-13-2-5(8-11-13)4-17-7-9-10-12-14(7)3-6(15)16/h2H,3-4H2,1H3,(H,15,16). The predicted molar refractivity (Wildman–Crippen MR) is 56.0 cm³/mol. The second-order valence-corrected chi connectivity index (χ2v) is 4.13. The predicted octanol–water partition coefficient (Wildman–Crippen LogP) is -0.822. The maximum Gasteiger partial charge on any atom is 0.325 e. The van der Waals surface area contributed by atoms with Crippen LogP contribution in [0.5, 0.6) is 0 Å². The Morgan fingerprint density at radius 2 is 2.29 bits per heavy atom. The first-order valence-corrected chi connectivity index (χ1v) is 5.59. The van der Waals surface area contributed by atoms with Gasteiger partial charge in [-0.25, -0.2) is 4.68 Å². The van der Waals surface area contributed by atoms with Crippen molar-refractivity contribution in [2.75, 3.05) is 0 Å². The van der Waals surface area contributed by atoms with Gasteiger partial charge in [0.15, 0.2) is 0 Å². The number of carbonyl (C=O) groups is 1. The van der Waals surface area contributed by atoms with Crippen LogP contribution in [0.4, 0.5) is 0 Å². The Bertz CT molecular complexity index is 522. The van der Waals surface area contributed by atoms with Gasteiger partial charge in [-0.2, -0.15) is 0 Å². The summed E-state index contributed by atoms with van der Waals surface area (Å²) in [5.41, 5.74) is 0.780. The zero-order valence-electron chi connectivity index (χ0n) is 8.89. The quantitative estimate of drug-likeness (QED) is 0.689. The van der Waals surface area contributed by atoms with Crippen molar-refractivity contribution in [3.63, 3.8) is 0 Å². The van der Waals surface area contributed by atoms with Crippen molar-refractivity contribution in [1.82, 2.24) is 35.2 Å². The van der Waals surface area contributed by atoms with Crippen LogP contribution in [0.1, 0.15) is 5.69 Å². The summed E-state index contributed by atoms with van der Waals surface area (Å²) in [5, 5.41) is 27.5. The maximum absolute atomic E-state index is 10.5. The summed E-state index contributed by atoms with van der Waals surface area (Å²) in [6.07, 6.45) is 1.78. The molecule has 2 aromatic rings. The number of nitrogens with zero attached hydrogens (tertiary/aromatic N) is 7. The highest BCUT2D eigenvalue weighted by atomic mass is 32.2. The number of hydrogen-bond acceptors (Lipinski definition) is 7. The first kappa shape index (κ1) is 11.5. The Morgan fingerprint density at radius 1 is 1.47 bits per heavy atom. The molecule has 90 valence electrons. The number of rotatable bonds is 5. The Labute approximate surface area is 99.8 Å². The third-order valence-corrected chi connectivity index (χ3v) is 2.77. The van der Waals surface area contributed by atoms with Crippen LogP contribution in [0.25, 0.3) is 0 Å². The molecule has 0 fully saturated rings. The number of aromatic nitrogens is 7. The van der Waals surface area contributed by atoms with Crippen molar-refractivity contribution in [1.29, 1.82) is 0 Å². The van der Waals surface area contributed by atoms with Crippen molar-refractivity contribution in [2.24, 2.45) is 7.05 Å². The number of carboxylic acids is 1. The number of thioether (sulfide) groups is 1. The fourth-order valence-electron chi connectivity index (χ4n) is 1.13. The maximum atomic E-state index is 10.5. The van der Waals surface area contributed by atoms with Crippen LogP contribution in [0.2, 0.25) is 0 Å². The molecule has 0 aliphatic rings. The van der Waals surface area contributed by atoms with E-state index in [0.29, 0.717) is 10.9 Å². The lowest BCUT2D eigenvalue weighted by Crippen LogP contribution is -2.11. The molecular weight excluding hydrogens is 246 g/mol. The molecule has 0 aliphatic carbocycles. The molecule has 0 radical (unpaired) electrons. The highest BCUT2D eigenvalue weighted by Gasteiger charge is 2.10. The zero-order chi connectivity index (χ0) is 12.3. The van der Waals surface area contributed by atoms with E-state index in [0.717, 1.165) is 5.69 Å². The van der Waals surface area contributed by atoms with Crippen LogP contribution in [-0.4, -0.2) is 46.3 Å². The topological polar surface area (TPSA) is 112 Å². The minimum atomic E-state index is -0.987. The summed E-state index contributed by atoms with van der Waals surface area (Å²) < 4.78 is 2.82. The Hall–Kier alpha value is -1.97. The molecule has 0 atom stereocenters. The van der Waals surface area contributed by atoms with Gasteiger partial charge in [-0.05, 0) is 10.4 Å². The Balaban J connectivity index is 1.99. The first-order valence-electron chi connectivity index (χ1n) is 4.61. The summed E-state index contributed by atoms with van der Waals surface area (Å²) in [4.78, 5) is 10.5. The van der Waals surface area contributed by atoms with Crippen molar-refractivity contribution in [3.8, 4) is 0 Å². The minimum Gasteiger partial charge on any atom is -0.480 e. The summed E-state index contributed by atoms with van der Waals surface area (Å²) in [5.74, 6) is -0.452. The SMILES string of the molecule is Cn1cc(CSc2nnnn2CC(=O)O)nn1. The third kappa shape index (κ3) is 3.00. The van der Waals surface area contributed by atoms with Gasteiger partial charge in [0.2, 0.25) is 5.16 Å². The number of carboxylic acid groups (broad SMARTS) is 1. The molecule has 1 N–H and O–H groups in total. The molecular formula is C7H9N7O2S. The van der Waals surface area contributed by atoms with E-state index in [9.17, 15) is 4.79 Å². The zero-order valence-corrected chi connectivity index (χ0v) is 9.70. The van der Waals surface area contributed by atoms with Gasteiger partial charge in [-0.3, -0.25) is 9.48 Å². The molecule has 10 heteroatoms. The van der Waals surface area contributed by atoms with Crippen LogP contribution in [-0.2, 0) is 24.1 Å². The van der Waals surface area contributed by atoms with Crippen LogP contribution in [0, 0.1) is 0 Å². The Kier molecular flexibility index (Phi) is 3.32. The van der Waals surface area contributed by atoms with Crippen molar-refractivity contribution < 1.29 is 9.90 Å². The lowest BCUT2D eigenvalue weighted by Gasteiger charge is -1.98. The molecule has 9 nitrogen and oxygen atoms in total. The molecule has 2 aromatic heterocycles. The summed E-state index contributed by atoms with van der Waals surface area (Å²) in [6, 6.07) is 0. The summed E-state index contributed by atoms with van der Waals surface area (Å²) in [6.45, 7) is -0.254. The van der Waals surface area contributed by atoms with Crippen LogP contribution < -0.4 is 0 Å². The average molecular weight is 255 g/mol. The molecule has 2 rings (SSSR count). The molecule has 17 heavy (non-hydrogen) atoms. The Morgan fingerprint density at radius 3 is 2.94 bits per heavy atom. The molecule has 0 spiro atoms. The second-order valence-electron chi connectivity index (χ2n) is 3.19. The van der Waals surface area contributed by atoms with E-state index in [-0.39, 0.29) is 6.54 Å². The van der Waals surface area contributed by atoms with E-state index in [1.54, 1.807) is 17.9 Å². The van der Waals surface area contributed by atoms with Crippen molar-refractivity contribution >= 4 is 17.7 Å². The molecule has 0 unspecified atom stereocenters. The normalized spacial score (nSPS) is 10.6. The number of hydrogen-bond donors (Lipinski definition) is 1.